The fraction of sp³-hybridized carbons (Fsp3) is 0.286. The molecule has 0 saturated carbocycles. The number of carbonyl (C=O) groups excluding carboxylic acids is 1. The Kier molecular flexibility index (Phi) is 2.93. The summed E-state index contributed by atoms with van der Waals surface area (Å²) in [5, 5.41) is 7.33. The van der Waals surface area contributed by atoms with Gasteiger partial charge in [0.2, 0.25) is 5.91 Å². The summed E-state index contributed by atoms with van der Waals surface area (Å²) in [6, 6.07) is 8.12. The highest BCUT2D eigenvalue weighted by molar-refractivity contribution is 9.10. The second kappa shape index (κ2) is 4.49. The van der Waals surface area contributed by atoms with Crippen LogP contribution in [0.1, 0.15) is 29.2 Å². The van der Waals surface area contributed by atoms with Crippen molar-refractivity contribution in [3.05, 3.63) is 45.6 Å². The van der Waals surface area contributed by atoms with E-state index in [1.54, 1.807) is 4.68 Å². The molecule has 2 heterocycles. The molecule has 1 amide bonds. The van der Waals surface area contributed by atoms with E-state index in [0.717, 1.165) is 27.1 Å². The first kappa shape index (κ1) is 12.4. The lowest BCUT2D eigenvalue weighted by molar-refractivity contribution is -0.116. The van der Waals surface area contributed by atoms with Gasteiger partial charge in [-0.15, -0.1) is 0 Å². The van der Waals surface area contributed by atoms with Crippen LogP contribution in [0.5, 0.6) is 0 Å². The number of nitrogens with one attached hydrogen (secondary N) is 1. The number of amides is 1. The van der Waals surface area contributed by atoms with Crippen molar-refractivity contribution in [2.75, 3.05) is 5.32 Å². The van der Waals surface area contributed by atoms with Crippen LogP contribution in [0.25, 0.3) is 0 Å². The third-order valence-electron chi connectivity index (χ3n) is 3.52. The molecule has 0 aliphatic carbocycles. The number of aromatic nitrogens is 2. The van der Waals surface area contributed by atoms with Crippen molar-refractivity contribution in [3.8, 4) is 0 Å². The number of aryl methyl sites for hydroxylation is 2. The van der Waals surface area contributed by atoms with Gasteiger partial charge in [-0.2, -0.15) is 5.10 Å². The van der Waals surface area contributed by atoms with Crippen LogP contribution >= 0.6 is 15.9 Å². The molecule has 1 aromatic carbocycles. The van der Waals surface area contributed by atoms with Crippen molar-refractivity contribution in [2.24, 2.45) is 7.05 Å². The number of carbonyl (C=O) groups is 1. The van der Waals surface area contributed by atoms with Gasteiger partial charge in [0, 0.05) is 29.4 Å². The van der Waals surface area contributed by atoms with Crippen molar-refractivity contribution < 1.29 is 4.79 Å². The number of hydrogen-bond donors (Lipinski definition) is 1. The predicted molar refractivity (Wildman–Crippen MR) is 77.2 cm³/mol. The third-order valence-corrected chi connectivity index (χ3v) is 4.01. The van der Waals surface area contributed by atoms with Crippen LogP contribution in [0.2, 0.25) is 0 Å². The van der Waals surface area contributed by atoms with E-state index in [9.17, 15) is 4.79 Å². The number of benzene rings is 1. The Morgan fingerprint density at radius 2 is 2.26 bits per heavy atom. The third kappa shape index (κ3) is 2.08. The van der Waals surface area contributed by atoms with Gasteiger partial charge in [0.25, 0.3) is 0 Å². The average molecular weight is 320 g/mol. The first-order valence-electron chi connectivity index (χ1n) is 6.15. The number of nitrogens with zero attached hydrogens (tertiary/aromatic N) is 2. The summed E-state index contributed by atoms with van der Waals surface area (Å²) in [5.74, 6) is 0.939. The number of hydrogen-bond acceptors (Lipinski definition) is 2. The standard InChI is InChI=1S/C14H14BrN3O/c1-8-13-11(9-4-3-5-10(15)6-9)7-12(19)16-14(13)18(2)17-8/h3-6,11H,7H2,1-2H3,(H,16,19)/t11-/m1/s1. The Morgan fingerprint density at radius 1 is 1.47 bits per heavy atom. The number of halogens is 1. The number of anilines is 1. The second-order valence-corrected chi connectivity index (χ2v) is 5.75. The molecule has 0 radical (unpaired) electrons. The highest BCUT2D eigenvalue weighted by Crippen LogP contribution is 2.39. The Labute approximate surface area is 119 Å². The minimum Gasteiger partial charge on any atom is -0.311 e. The van der Waals surface area contributed by atoms with E-state index in [2.05, 4.69) is 38.5 Å². The summed E-state index contributed by atoms with van der Waals surface area (Å²) in [6.07, 6.45) is 0.468. The molecule has 1 aliphatic rings. The van der Waals surface area contributed by atoms with Gasteiger partial charge in [0.1, 0.15) is 5.82 Å². The van der Waals surface area contributed by atoms with Gasteiger partial charge in [0.05, 0.1) is 5.69 Å². The lowest BCUT2D eigenvalue weighted by Crippen LogP contribution is -2.24. The van der Waals surface area contributed by atoms with Gasteiger partial charge >= 0.3 is 0 Å². The number of rotatable bonds is 1. The highest BCUT2D eigenvalue weighted by Gasteiger charge is 2.31. The molecule has 0 unspecified atom stereocenters. The van der Waals surface area contributed by atoms with Crippen LogP contribution in [0.4, 0.5) is 5.82 Å². The molecule has 0 saturated heterocycles. The Balaban J connectivity index is 2.16. The molecule has 4 nitrogen and oxygen atoms in total. The zero-order valence-corrected chi connectivity index (χ0v) is 12.4. The molecule has 19 heavy (non-hydrogen) atoms. The lowest BCUT2D eigenvalue weighted by atomic mass is 9.86. The average Bonchev–Trinajstić information content (AvgIpc) is 2.64. The van der Waals surface area contributed by atoms with Crippen LogP contribution in [-0.2, 0) is 11.8 Å². The Bertz CT molecular complexity index is 663. The van der Waals surface area contributed by atoms with Crippen molar-refractivity contribution in [3.63, 3.8) is 0 Å². The van der Waals surface area contributed by atoms with Crippen LogP contribution in [0, 0.1) is 6.92 Å². The van der Waals surface area contributed by atoms with Gasteiger partial charge < -0.3 is 5.32 Å². The fourth-order valence-corrected chi connectivity index (χ4v) is 3.14. The van der Waals surface area contributed by atoms with Gasteiger partial charge in [-0.05, 0) is 24.6 Å². The van der Waals surface area contributed by atoms with Crippen molar-refractivity contribution in [1.29, 1.82) is 0 Å². The van der Waals surface area contributed by atoms with Crippen molar-refractivity contribution in [2.45, 2.75) is 19.3 Å². The van der Waals surface area contributed by atoms with E-state index in [0.29, 0.717) is 6.42 Å². The largest absolute Gasteiger partial charge is 0.311 e. The molecular weight excluding hydrogens is 306 g/mol. The van der Waals surface area contributed by atoms with E-state index in [4.69, 9.17) is 0 Å². The summed E-state index contributed by atoms with van der Waals surface area (Å²) < 4.78 is 2.77. The van der Waals surface area contributed by atoms with Gasteiger partial charge in [0.15, 0.2) is 0 Å². The topological polar surface area (TPSA) is 46.9 Å². The van der Waals surface area contributed by atoms with E-state index >= 15 is 0 Å². The molecule has 0 bridgehead atoms. The fourth-order valence-electron chi connectivity index (χ4n) is 2.72. The maximum atomic E-state index is 11.9. The summed E-state index contributed by atoms with van der Waals surface area (Å²) in [6.45, 7) is 1.99. The van der Waals surface area contributed by atoms with E-state index in [-0.39, 0.29) is 11.8 Å². The van der Waals surface area contributed by atoms with Crippen molar-refractivity contribution in [1.82, 2.24) is 9.78 Å². The first-order valence-corrected chi connectivity index (χ1v) is 6.94. The Hall–Kier alpha value is -1.62. The molecule has 1 aromatic heterocycles. The molecule has 0 spiro atoms. The minimum atomic E-state index is 0.0421. The second-order valence-electron chi connectivity index (χ2n) is 4.83. The molecule has 1 aliphatic heterocycles. The molecule has 1 N–H and O–H groups in total. The predicted octanol–water partition coefficient (Wildman–Crippen LogP) is 2.97. The highest BCUT2D eigenvalue weighted by atomic mass is 79.9. The summed E-state index contributed by atoms with van der Waals surface area (Å²) in [7, 11) is 1.86. The summed E-state index contributed by atoms with van der Waals surface area (Å²) in [4.78, 5) is 11.9. The van der Waals surface area contributed by atoms with Crippen LogP contribution < -0.4 is 5.32 Å². The maximum absolute atomic E-state index is 11.9. The van der Waals surface area contributed by atoms with Gasteiger partial charge in [-0.1, -0.05) is 28.1 Å². The van der Waals surface area contributed by atoms with Crippen LogP contribution in [0.3, 0.4) is 0 Å². The zero-order valence-electron chi connectivity index (χ0n) is 10.8. The smallest absolute Gasteiger partial charge is 0.226 e. The molecule has 98 valence electrons. The Morgan fingerprint density at radius 3 is 3.00 bits per heavy atom. The SMILES string of the molecule is Cc1nn(C)c2c1[C@@H](c1cccc(Br)c1)CC(=O)N2. The van der Waals surface area contributed by atoms with Gasteiger partial charge in [-0.3, -0.25) is 9.48 Å². The maximum Gasteiger partial charge on any atom is 0.226 e. The monoisotopic (exact) mass is 319 g/mol. The molecular formula is C14H14BrN3O. The molecule has 0 fully saturated rings. The first-order chi connectivity index (χ1) is 9.06. The van der Waals surface area contributed by atoms with E-state index in [1.807, 2.05) is 26.1 Å². The normalized spacial score (nSPS) is 18.1. The zero-order chi connectivity index (χ0) is 13.6. The summed E-state index contributed by atoms with van der Waals surface area (Å²) >= 11 is 3.49. The lowest BCUT2D eigenvalue weighted by Gasteiger charge is -2.24. The minimum absolute atomic E-state index is 0.0421. The molecule has 1 atom stereocenters. The van der Waals surface area contributed by atoms with Crippen LogP contribution in [-0.4, -0.2) is 15.7 Å². The molecule has 5 heteroatoms. The van der Waals surface area contributed by atoms with E-state index in [1.165, 1.54) is 0 Å². The van der Waals surface area contributed by atoms with Gasteiger partial charge in [-0.25, -0.2) is 0 Å². The van der Waals surface area contributed by atoms with Crippen LogP contribution in [0.15, 0.2) is 28.7 Å². The van der Waals surface area contributed by atoms with E-state index < -0.39 is 0 Å². The molecule has 3 rings (SSSR count). The number of fused-ring (bicyclic) bond motifs is 1. The summed E-state index contributed by atoms with van der Waals surface area (Å²) in [5.41, 5.74) is 3.24. The van der Waals surface area contributed by atoms with Crippen molar-refractivity contribution >= 4 is 27.7 Å². The molecule has 2 aromatic rings. The quantitative estimate of drug-likeness (QED) is 0.878.